The number of fused-ring (bicyclic) bond motifs is 1. The molecule has 182 valence electrons. The van der Waals surface area contributed by atoms with Gasteiger partial charge < -0.3 is 28.3 Å². The molecular weight excluding hydrogens is 452 g/mol. The minimum absolute atomic E-state index is 0.0808. The quantitative estimate of drug-likeness (QED) is 0.243. The van der Waals surface area contributed by atoms with Gasteiger partial charge in [0.15, 0.2) is 23.0 Å². The summed E-state index contributed by atoms with van der Waals surface area (Å²) in [6.45, 7) is 3.96. The maximum absolute atomic E-state index is 11.6. The van der Waals surface area contributed by atoms with E-state index in [1.807, 2.05) is 24.3 Å². The maximum atomic E-state index is 11.6. The summed E-state index contributed by atoms with van der Waals surface area (Å²) in [4.78, 5) is 26.9. The standard InChI is InChI=1S/C26H26N2O7/c1-16-25(17(2)29)35-26(27-16)19-5-8-22(23(14-19)32-3)34-12-4-11-33-20-6-7-21-18(13-20)9-10-28(21)15-24(30)31/h5-10,13-14H,4,11-12,15H2,1-3H3,(H,30,31). The maximum Gasteiger partial charge on any atom is 0.323 e. The lowest BCUT2D eigenvalue weighted by atomic mass is 10.2. The van der Waals surface area contributed by atoms with Crippen LogP contribution in [0.1, 0.15) is 29.6 Å². The van der Waals surface area contributed by atoms with Gasteiger partial charge >= 0.3 is 5.97 Å². The average molecular weight is 479 g/mol. The summed E-state index contributed by atoms with van der Waals surface area (Å²) in [6.07, 6.45) is 2.39. The third-order valence-corrected chi connectivity index (χ3v) is 5.39. The molecule has 9 nitrogen and oxygen atoms in total. The van der Waals surface area contributed by atoms with E-state index in [0.717, 1.165) is 10.9 Å². The first-order valence-corrected chi connectivity index (χ1v) is 11.1. The number of ether oxygens (including phenoxy) is 3. The molecule has 0 aliphatic rings. The average Bonchev–Trinajstić information content (AvgIpc) is 3.41. The van der Waals surface area contributed by atoms with Crippen molar-refractivity contribution in [2.75, 3.05) is 20.3 Å². The Balaban J connectivity index is 1.32. The van der Waals surface area contributed by atoms with Crippen molar-refractivity contribution in [2.24, 2.45) is 0 Å². The van der Waals surface area contributed by atoms with E-state index in [2.05, 4.69) is 4.98 Å². The number of hydrogen-bond donors (Lipinski definition) is 1. The van der Waals surface area contributed by atoms with Crippen LogP contribution in [-0.4, -0.2) is 46.7 Å². The number of nitrogens with zero attached hydrogens (tertiary/aromatic N) is 2. The van der Waals surface area contributed by atoms with Crippen LogP contribution in [0.2, 0.25) is 0 Å². The summed E-state index contributed by atoms with van der Waals surface area (Å²) < 4.78 is 24.4. The van der Waals surface area contributed by atoms with Crippen molar-refractivity contribution in [2.45, 2.75) is 26.8 Å². The van der Waals surface area contributed by atoms with Crippen molar-refractivity contribution >= 4 is 22.7 Å². The Kier molecular flexibility index (Phi) is 7.05. The first kappa shape index (κ1) is 23.9. The zero-order chi connectivity index (χ0) is 24.9. The Morgan fingerprint density at radius 1 is 1.06 bits per heavy atom. The first-order chi connectivity index (χ1) is 16.9. The fourth-order valence-electron chi connectivity index (χ4n) is 3.75. The van der Waals surface area contributed by atoms with Crippen LogP contribution in [0.3, 0.4) is 0 Å². The zero-order valence-corrected chi connectivity index (χ0v) is 19.7. The molecule has 2 aromatic heterocycles. The molecule has 0 aliphatic heterocycles. The number of carboxylic acids is 1. The second-order valence-corrected chi connectivity index (χ2v) is 7.96. The molecule has 2 heterocycles. The van der Waals surface area contributed by atoms with E-state index in [9.17, 15) is 9.59 Å². The van der Waals surface area contributed by atoms with Crippen LogP contribution in [0.4, 0.5) is 0 Å². The summed E-state index contributed by atoms with van der Waals surface area (Å²) in [7, 11) is 1.55. The van der Waals surface area contributed by atoms with Gasteiger partial charge in [-0.1, -0.05) is 0 Å². The number of aryl methyl sites for hydroxylation is 1. The lowest BCUT2D eigenvalue weighted by Gasteiger charge is -2.12. The Labute approximate surface area is 201 Å². The number of methoxy groups -OCH3 is 1. The predicted octanol–water partition coefficient (Wildman–Crippen LogP) is 4.75. The topological polar surface area (TPSA) is 113 Å². The van der Waals surface area contributed by atoms with Gasteiger partial charge in [-0.3, -0.25) is 9.59 Å². The molecule has 0 aliphatic carbocycles. The highest BCUT2D eigenvalue weighted by atomic mass is 16.5. The molecule has 9 heteroatoms. The summed E-state index contributed by atoms with van der Waals surface area (Å²) in [5.74, 6) is 1.35. The molecule has 0 atom stereocenters. The minimum Gasteiger partial charge on any atom is -0.493 e. The van der Waals surface area contributed by atoms with E-state index < -0.39 is 5.97 Å². The Hall–Kier alpha value is -4.27. The normalized spacial score (nSPS) is 10.9. The molecule has 0 amide bonds. The van der Waals surface area contributed by atoms with Gasteiger partial charge in [0.1, 0.15) is 12.3 Å². The van der Waals surface area contributed by atoms with Gasteiger partial charge in [0.05, 0.1) is 26.0 Å². The number of carbonyl (C=O) groups is 2. The highest BCUT2D eigenvalue weighted by molar-refractivity contribution is 5.92. The van der Waals surface area contributed by atoms with Gasteiger partial charge in [-0.2, -0.15) is 0 Å². The molecule has 2 aromatic carbocycles. The van der Waals surface area contributed by atoms with E-state index in [-0.39, 0.29) is 18.1 Å². The monoisotopic (exact) mass is 478 g/mol. The van der Waals surface area contributed by atoms with E-state index >= 15 is 0 Å². The molecule has 0 bridgehead atoms. The number of Topliss-reactive ketones (excluding diaryl/α,β-unsaturated/α-hetero) is 1. The zero-order valence-electron chi connectivity index (χ0n) is 19.7. The van der Waals surface area contributed by atoms with Crippen LogP contribution in [0.15, 0.2) is 53.1 Å². The predicted molar refractivity (Wildman–Crippen MR) is 128 cm³/mol. The Bertz CT molecular complexity index is 1370. The minimum atomic E-state index is -0.885. The number of oxazole rings is 1. The van der Waals surface area contributed by atoms with Crippen LogP contribution in [0, 0.1) is 6.92 Å². The van der Waals surface area contributed by atoms with Crippen molar-refractivity contribution in [1.82, 2.24) is 9.55 Å². The molecule has 0 saturated heterocycles. The number of ketones is 1. The summed E-state index contributed by atoms with van der Waals surface area (Å²) in [6, 6.07) is 12.8. The van der Waals surface area contributed by atoms with Crippen molar-refractivity contribution in [3.05, 3.63) is 60.1 Å². The Morgan fingerprint density at radius 3 is 2.57 bits per heavy atom. The first-order valence-electron chi connectivity index (χ1n) is 11.1. The fraction of sp³-hybridized carbons (Fsp3) is 0.269. The Morgan fingerprint density at radius 2 is 1.86 bits per heavy atom. The summed E-state index contributed by atoms with van der Waals surface area (Å²) in [5, 5.41) is 9.91. The second-order valence-electron chi connectivity index (χ2n) is 7.96. The highest BCUT2D eigenvalue weighted by Gasteiger charge is 2.16. The van der Waals surface area contributed by atoms with Gasteiger partial charge in [-0.05, 0) is 49.4 Å². The molecule has 4 aromatic rings. The van der Waals surface area contributed by atoms with Gasteiger partial charge in [0.2, 0.25) is 5.89 Å². The van der Waals surface area contributed by atoms with Crippen LogP contribution < -0.4 is 14.2 Å². The van der Waals surface area contributed by atoms with Crippen LogP contribution >= 0.6 is 0 Å². The lowest BCUT2D eigenvalue weighted by molar-refractivity contribution is -0.137. The van der Waals surface area contributed by atoms with Crippen LogP contribution in [-0.2, 0) is 11.3 Å². The second kappa shape index (κ2) is 10.3. The van der Waals surface area contributed by atoms with Crippen molar-refractivity contribution in [1.29, 1.82) is 0 Å². The number of hydrogen-bond acceptors (Lipinski definition) is 7. The van der Waals surface area contributed by atoms with Crippen molar-refractivity contribution < 1.29 is 33.3 Å². The smallest absolute Gasteiger partial charge is 0.323 e. The highest BCUT2D eigenvalue weighted by Crippen LogP contribution is 2.33. The molecule has 0 radical (unpaired) electrons. The largest absolute Gasteiger partial charge is 0.493 e. The number of carboxylic acid groups (broad SMARTS) is 1. The number of benzene rings is 2. The van der Waals surface area contributed by atoms with E-state index in [4.69, 9.17) is 23.7 Å². The van der Waals surface area contributed by atoms with E-state index in [1.165, 1.54) is 6.92 Å². The molecule has 1 N–H and O–H groups in total. The molecule has 4 rings (SSSR count). The molecule has 35 heavy (non-hydrogen) atoms. The van der Waals surface area contributed by atoms with Crippen molar-refractivity contribution in [3.8, 4) is 28.7 Å². The number of carbonyl (C=O) groups excluding carboxylic acids is 1. The lowest BCUT2D eigenvalue weighted by Crippen LogP contribution is -2.07. The molecular formula is C26H26N2O7. The number of rotatable bonds is 11. The molecule has 0 saturated carbocycles. The molecule has 0 unspecified atom stereocenters. The number of aromatic nitrogens is 2. The van der Waals surface area contributed by atoms with Crippen LogP contribution in [0.25, 0.3) is 22.4 Å². The number of aliphatic carboxylic acids is 1. The fourth-order valence-corrected chi connectivity index (χ4v) is 3.75. The summed E-state index contributed by atoms with van der Waals surface area (Å²) >= 11 is 0. The van der Waals surface area contributed by atoms with Crippen molar-refractivity contribution in [3.63, 3.8) is 0 Å². The SMILES string of the molecule is COc1cc(-c2nc(C)c(C(C)=O)o2)ccc1OCCCOc1ccc2c(ccn2CC(=O)O)c1. The summed E-state index contributed by atoms with van der Waals surface area (Å²) in [5.41, 5.74) is 2.07. The van der Waals surface area contributed by atoms with Crippen LogP contribution in [0.5, 0.6) is 17.2 Å². The third-order valence-electron chi connectivity index (χ3n) is 5.39. The van der Waals surface area contributed by atoms with Gasteiger partial charge in [-0.15, -0.1) is 0 Å². The van der Waals surface area contributed by atoms with Gasteiger partial charge in [0.25, 0.3) is 0 Å². The molecule has 0 fully saturated rings. The van der Waals surface area contributed by atoms with Gasteiger partial charge in [-0.25, -0.2) is 4.98 Å². The molecule has 0 spiro atoms. The van der Waals surface area contributed by atoms with Gasteiger partial charge in [0, 0.05) is 36.0 Å². The van der Waals surface area contributed by atoms with E-state index in [0.29, 0.717) is 54.0 Å². The third kappa shape index (κ3) is 5.46. The van der Waals surface area contributed by atoms with E-state index in [1.54, 1.807) is 43.0 Å².